The van der Waals surface area contributed by atoms with Gasteiger partial charge in [-0.2, -0.15) is 0 Å². The summed E-state index contributed by atoms with van der Waals surface area (Å²) in [5.74, 6) is 0.0458. The predicted octanol–water partition coefficient (Wildman–Crippen LogP) is 3.51. The molecule has 0 radical (unpaired) electrons. The van der Waals surface area contributed by atoms with Gasteiger partial charge in [-0.05, 0) is 24.2 Å². The summed E-state index contributed by atoms with van der Waals surface area (Å²) >= 11 is 0. The summed E-state index contributed by atoms with van der Waals surface area (Å²) < 4.78 is 26.1. The van der Waals surface area contributed by atoms with Crippen LogP contribution >= 0.6 is 0 Å². The van der Waals surface area contributed by atoms with Gasteiger partial charge in [-0.15, -0.1) is 0 Å². The number of alkyl halides is 2. The summed E-state index contributed by atoms with van der Waals surface area (Å²) in [7, 11) is 0. The number of hydrogen-bond acceptors (Lipinski definition) is 0. The fourth-order valence-electron chi connectivity index (χ4n) is 2.04. The molecule has 1 rings (SSSR count). The normalized spacial score (nSPS) is 38.2. The maximum atomic E-state index is 13.4. The second kappa shape index (κ2) is 3.31. The monoisotopic (exact) mass is 176 g/mol. The summed E-state index contributed by atoms with van der Waals surface area (Å²) in [5, 5.41) is 0. The molecule has 0 nitrogen and oxygen atoms in total. The van der Waals surface area contributed by atoms with Gasteiger partial charge >= 0.3 is 0 Å². The van der Waals surface area contributed by atoms with E-state index in [2.05, 4.69) is 0 Å². The van der Waals surface area contributed by atoms with Crippen molar-refractivity contribution in [3.63, 3.8) is 0 Å². The molecule has 0 heterocycles. The Morgan fingerprint density at radius 1 is 1.08 bits per heavy atom. The summed E-state index contributed by atoms with van der Waals surface area (Å²) in [5.41, 5.74) is -0.0143. The molecule has 3 unspecified atom stereocenters. The molecule has 0 amide bonds. The molecule has 2 heteroatoms. The predicted molar refractivity (Wildman–Crippen MR) is 46.6 cm³/mol. The van der Waals surface area contributed by atoms with Crippen molar-refractivity contribution >= 4 is 0 Å². The van der Waals surface area contributed by atoms with E-state index in [-0.39, 0.29) is 17.8 Å². The van der Waals surface area contributed by atoms with Crippen LogP contribution in [0.15, 0.2) is 0 Å². The molecule has 0 spiro atoms. The van der Waals surface area contributed by atoms with E-state index in [1.54, 1.807) is 0 Å². The van der Waals surface area contributed by atoms with Crippen molar-refractivity contribution in [3.05, 3.63) is 0 Å². The van der Waals surface area contributed by atoms with Crippen LogP contribution in [-0.4, -0.2) is 12.3 Å². The Labute approximate surface area is 73.3 Å². The Bertz CT molecular complexity index is 148. The van der Waals surface area contributed by atoms with E-state index in [4.69, 9.17) is 0 Å². The summed E-state index contributed by atoms with van der Waals surface area (Å²) in [6.07, 6.45) is -0.483. The molecule has 0 N–H and O–H groups in total. The lowest BCUT2D eigenvalue weighted by Gasteiger charge is -2.37. The first kappa shape index (κ1) is 9.94. The Morgan fingerprint density at radius 2 is 1.67 bits per heavy atom. The van der Waals surface area contributed by atoms with E-state index in [1.165, 1.54) is 0 Å². The fraction of sp³-hybridized carbons (Fsp3) is 1.00. The SMILES string of the molecule is CC(C)(C)C1CCC(F)CC1F. The average Bonchev–Trinajstić information content (AvgIpc) is 1.83. The molecule has 1 aliphatic rings. The van der Waals surface area contributed by atoms with Crippen LogP contribution in [0.25, 0.3) is 0 Å². The van der Waals surface area contributed by atoms with E-state index >= 15 is 0 Å². The minimum Gasteiger partial charge on any atom is -0.247 e. The molecule has 0 saturated heterocycles. The smallest absolute Gasteiger partial charge is 0.106 e. The van der Waals surface area contributed by atoms with Crippen LogP contribution < -0.4 is 0 Å². The maximum Gasteiger partial charge on any atom is 0.106 e. The highest BCUT2D eigenvalue weighted by atomic mass is 19.1. The van der Waals surface area contributed by atoms with Gasteiger partial charge < -0.3 is 0 Å². The lowest BCUT2D eigenvalue weighted by Crippen LogP contribution is -2.35. The third-order valence-corrected chi connectivity index (χ3v) is 2.82. The van der Waals surface area contributed by atoms with E-state index in [9.17, 15) is 8.78 Å². The van der Waals surface area contributed by atoms with Crippen molar-refractivity contribution in [1.82, 2.24) is 0 Å². The summed E-state index contributed by atoms with van der Waals surface area (Å²) in [6.45, 7) is 6.09. The Morgan fingerprint density at radius 3 is 2.08 bits per heavy atom. The first-order valence-corrected chi connectivity index (χ1v) is 4.69. The molecule has 0 aromatic carbocycles. The Hall–Kier alpha value is -0.140. The van der Waals surface area contributed by atoms with Crippen molar-refractivity contribution < 1.29 is 8.78 Å². The van der Waals surface area contributed by atoms with Crippen LogP contribution in [0.1, 0.15) is 40.0 Å². The van der Waals surface area contributed by atoms with Gasteiger partial charge in [-0.3, -0.25) is 0 Å². The highest BCUT2D eigenvalue weighted by molar-refractivity contribution is 4.86. The van der Waals surface area contributed by atoms with Crippen LogP contribution in [0.5, 0.6) is 0 Å². The lowest BCUT2D eigenvalue weighted by molar-refractivity contribution is 0.0379. The number of rotatable bonds is 0. The maximum absolute atomic E-state index is 13.4. The summed E-state index contributed by atoms with van der Waals surface area (Å²) in [4.78, 5) is 0. The highest BCUT2D eigenvalue weighted by Crippen LogP contribution is 2.40. The van der Waals surface area contributed by atoms with Crippen LogP contribution in [0.4, 0.5) is 8.78 Å². The van der Waals surface area contributed by atoms with Gasteiger partial charge in [-0.25, -0.2) is 8.78 Å². The molecular formula is C10H18F2. The van der Waals surface area contributed by atoms with Crippen molar-refractivity contribution in [3.8, 4) is 0 Å². The van der Waals surface area contributed by atoms with Crippen molar-refractivity contribution in [2.45, 2.75) is 52.4 Å². The largest absolute Gasteiger partial charge is 0.247 e. The van der Waals surface area contributed by atoms with Gasteiger partial charge in [0, 0.05) is 6.42 Å². The second-order valence-electron chi connectivity index (χ2n) is 4.90. The quantitative estimate of drug-likeness (QED) is 0.530. The molecule has 1 saturated carbocycles. The van der Waals surface area contributed by atoms with Crippen molar-refractivity contribution in [1.29, 1.82) is 0 Å². The molecule has 72 valence electrons. The summed E-state index contributed by atoms with van der Waals surface area (Å²) in [6, 6.07) is 0. The first-order chi connectivity index (χ1) is 5.41. The van der Waals surface area contributed by atoms with E-state index < -0.39 is 12.3 Å². The molecule has 3 atom stereocenters. The third-order valence-electron chi connectivity index (χ3n) is 2.82. The highest BCUT2D eigenvalue weighted by Gasteiger charge is 2.37. The molecule has 12 heavy (non-hydrogen) atoms. The molecule has 0 aliphatic heterocycles. The molecule has 0 aromatic heterocycles. The van der Waals surface area contributed by atoms with Crippen LogP contribution in [-0.2, 0) is 0 Å². The van der Waals surface area contributed by atoms with E-state index in [1.807, 2.05) is 20.8 Å². The second-order valence-corrected chi connectivity index (χ2v) is 4.90. The van der Waals surface area contributed by atoms with Gasteiger partial charge in [-0.1, -0.05) is 20.8 Å². The van der Waals surface area contributed by atoms with E-state index in [0.29, 0.717) is 12.8 Å². The average molecular weight is 176 g/mol. The first-order valence-electron chi connectivity index (χ1n) is 4.69. The minimum atomic E-state index is -0.936. The van der Waals surface area contributed by atoms with Crippen LogP contribution in [0.3, 0.4) is 0 Å². The standard InChI is InChI=1S/C10H18F2/c1-10(2,3)8-5-4-7(11)6-9(8)12/h7-9H,4-6H2,1-3H3. The molecular weight excluding hydrogens is 158 g/mol. The lowest BCUT2D eigenvalue weighted by atomic mass is 9.71. The van der Waals surface area contributed by atoms with Gasteiger partial charge in [0.05, 0.1) is 0 Å². The Balaban J connectivity index is 2.57. The number of hydrogen-bond donors (Lipinski definition) is 0. The van der Waals surface area contributed by atoms with Gasteiger partial charge in [0.2, 0.25) is 0 Å². The molecule has 0 bridgehead atoms. The zero-order valence-corrected chi connectivity index (χ0v) is 8.11. The zero-order chi connectivity index (χ0) is 9.35. The van der Waals surface area contributed by atoms with Crippen molar-refractivity contribution in [2.75, 3.05) is 0 Å². The number of halogens is 2. The van der Waals surface area contributed by atoms with Crippen molar-refractivity contribution in [2.24, 2.45) is 11.3 Å². The zero-order valence-electron chi connectivity index (χ0n) is 8.11. The minimum absolute atomic E-state index is 0.0143. The topological polar surface area (TPSA) is 0 Å². The fourth-order valence-corrected chi connectivity index (χ4v) is 2.04. The molecule has 1 fully saturated rings. The van der Waals surface area contributed by atoms with Crippen LogP contribution in [0.2, 0.25) is 0 Å². The molecule has 1 aliphatic carbocycles. The molecule has 0 aromatic rings. The Kier molecular flexibility index (Phi) is 2.74. The van der Waals surface area contributed by atoms with E-state index in [0.717, 1.165) is 0 Å². The van der Waals surface area contributed by atoms with Gasteiger partial charge in [0.25, 0.3) is 0 Å². The van der Waals surface area contributed by atoms with Crippen LogP contribution in [0, 0.1) is 11.3 Å². The third kappa shape index (κ3) is 2.18. The van der Waals surface area contributed by atoms with Gasteiger partial charge in [0.15, 0.2) is 0 Å². The van der Waals surface area contributed by atoms with Gasteiger partial charge in [0.1, 0.15) is 12.3 Å².